The van der Waals surface area contributed by atoms with Crippen LogP contribution in [0.1, 0.15) is 19.8 Å². The number of carbonyl (C=O) groups excluding carboxylic acids is 2. The molecule has 0 N–H and O–H groups in total. The van der Waals surface area contributed by atoms with Gasteiger partial charge in [0.05, 0.1) is 18.1 Å². The summed E-state index contributed by atoms with van der Waals surface area (Å²) in [7, 11) is -3.83. The second-order valence-electron chi connectivity index (χ2n) is 3.95. The molecule has 94 valence electrons. The minimum Gasteiger partial charge on any atom is -0.393 e. The molecule has 0 amide bonds. The van der Waals surface area contributed by atoms with Gasteiger partial charge in [-0.1, -0.05) is 6.92 Å². The van der Waals surface area contributed by atoms with Gasteiger partial charge in [0, 0.05) is 9.43 Å². The zero-order chi connectivity index (χ0) is 13.1. The molecule has 1 heterocycles. The number of sulfonamides is 1. The summed E-state index contributed by atoms with van der Waals surface area (Å²) in [6.45, 7) is 1.60. The Morgan fingerprint density at radius 2 is 2.24 bits per heavy atom. The first-order chi connectivity index (χ1) is 7.84. The summed E-state index contributed by atoms with van der Waals surface area (Å²) in [6.07, 6.45) is 0.190. The van der Waals surface area contributed by atoms with Crippen LogP contribution in [0.5, 0.6) is 0 Å². The van der Waals surface area contributed by atoms with E-state index in [1.807, 2.05) is 0 Å². The van der Waals surface area contributed by atoms with Crippen LogP contribution in [-0.2, 0) is 24.3 Å². The lowest BCUT2D eigenvalue weighted by atomic mass is 9.96. The summed E-state index contributed by atoms with van der Waals surface area (Å²) in [5, 5.41) is 0. The van der Waals surface area contributed by atoms with Crippen molar-refractivity contribution in [3.63, 3.8) is 0 Å². The summed E-state index contributed by atoms with van der Waals surface area (Å²) in [6, 6.07) is 0. The molecule has 0 bridgehead atoms. The molecule has 0 saturated carbocycles. The van der Waals surface area contributed by atoms with Gasteiger partial charge in [0.2, 0.25) is 10.0 Å². The Morgan fingerprint density at radius 3 is 2.71 bits per heavy atom. The number of ether oxygens (including phenoxy) is 1. The fraction of sp³-hybridized carbons (Fsp3) is 0.750. The molecular formula is C8H11N3O5S. The molecule has 1 aliphatic rings. The molecule has 1 fully saturated rings. The van der Waals surface area contributed by atoms with E-state index in [4.69, 9.17) is 5.53 Å². The number of cyclic esters (lactones) is 2. The molecule has 9 heteroatoms. The van der Waals surface area contributed by atoms with E-state index in [2.05, 4.69) is 14.2 Å². The minimum atomic E-state index is -3.83. The van der Waals surface area contributed by atoms with Gasteiger partial charge in [-0.05, 0) is 17.9 Å². The van der Waals surface area contributed by atoms with E-state index in [1.54, 1.807) is 6.92 Å². The molecule has 1 aliphatic heterocycles. The smallest absolute Gasteiger partial charge is 0.317 e. The number of hydrogen-bond acceptors (Lipinski definition) is 5. The Hall–Kier alpha value is -1.60. The predicted molar refractivity (Wildman–Crippen MR) is 55.9 cm³/mol. The van der Waals surface area contributed by atoms with Crippen LogP contribution < -0.4 is 0 Å². The van der Waals surface area contributed by atoms with Crippen LogP contribution in [-0.4, -0.2) is 26.1 Å². The maximum absolute atomic E-state index is 11.2. The third-order valence-corrected chi connectivity index (χ3v) is 3.62. The summed E-state index contributed by atoms with van der Waals surface area (Å²) < 4.78 is 29.3. The van der Waals surface area contributed by atoms with Gasteiger partial charge in [-0.15, -0.1) is 0 Å². The molecule has 0 aromatic carbocycles. The maximum Gasteiger partial charge on any atom is 0.317 e. The van der Waals surface area contributed by atoms with Gasteiger partial charge >= 0.3 is 11.9 Å². The third kappa shape index (κ3) is 4.04. The van der Waals surface area contributed by atoms with Crippen LogP contribution >= 0.6 is 0 Å². The molecule has 1 saturated heterocycles. The average Bonchev–Trinajstić information content (AvgIpc) is 2.43. The zero-order valence-corrected chi connectivity index (χ0v) is 9.88. The highest BCUT2D eigenvalue weighted by atomic mass is 32.2. The summed E-state index contributed by atoms with van der Waals surface area (Å²) >= 11 is 0. The molecule has 0 aliphatic carbocycles. The first-order valence-electron chi connectivity index (χ1n) is 4.87. The Balaban J connectivity index is 2.56. The summed E-state index contributed by atoms with van der Waals surface area (Å²) in [4.78, 5) is 24.2. The molecular weight excluding hydrogens is 250 g/mol. The molecule has 0 radical (unpaired) electrons. The topological polar surface area (TPSA) is 126 Å². The monoisotopic (exact) mass is 261 g/mol. The number of azide groups is 1. The van der Waals surface area contributed by atoms with Gasteiger partial charge in [0.25, 0.3) is 0 Å². The lowest BCUT2D eigenvalue weighted by Crippen LogP contribution is -2.17. The van der Waals surface area contributed by atoms with Crippen molar-refractivity contribution in [2.24, 2.45) is 16.4 Å². The number of nitrogens with zero attached hydrogens (tertiary/aromatic N) is 3. The molecule has 17 heavy (non-hydrogen) atoms. The van der Waals surface area contributed by atoms with Crippen molar-refractivity contribution in [3.05, 3.63) is 10.4 Å². The highest BCUT2D eigenvalue weighted by Crippen LogP contribution is 2.24. The van der Waals surface area contributed by atoms with E-state index < -0.39 is 33.8 Å². The second kappa shape index (κ2) is 5.15. The molecule has 0 aromatic heterocycles. The van der Waals surface area contributed by atoms with Gasteiger partial charge in [0.15, 0.2) is 0 Å². The van der Waals surface area contributed by atoms with E-state index in [0.29, 0.717) is 0 Å². The van der Waals surface area contributed by atoms with E-state index >= 15 is 0 Å². The van der Waals surface area contributed by atoms with E-state index in [0.717, 1.165) is 0 Å². The van der Waals surface area contributed by atoms with Gasteiger partial charge < -0.3 is 4.74 Å². The van der Waals surface area contributed by atoms with Crippen molar-refractivity contribution < 1.29 is 22.7 Å². The first kappa shape index (κ1) is 13.5. The molecule has 0 aromatic rings. The predicted octanol–water partition coefficient (Wildman–Crippen LogP) is 0.742. The average molecular weight is 261 g/mol. The molecule has 2 unspecified atom stereocenters. The molecule has 0 spiro atoms. The van der Waals surface area contributed by atoms with Gasteiger partial charge in [0.1, 0.15) is 0 Å². The van der Waals surface area contributed by atoms with Crippen molar-refractivity contribution >= 4 is 22.0 Å². The van der Waals surface area contributed by atoms with Crippen molar-refractivity contribution in [1.82, 2.24) is 0 Å². The lowest BCUT2D eigenvalue weighted by Gasteiger charge is -2.11. The molecule has 2 atom stereocenters. The SMILES string of the molecule is CC(CC1CC(=O)OC1=O)CS(=O)(=O)N=[N+]=[N-]. The maximum atomic E-state index is 11.2. The Morgan fingerprint density at radius 1 is 1.59 bits per heavy atom. The van der Waals surface area contributed by atoms with Crippen LogP contribution in [0.15, 0.2) is 4.52 Å². The van der Waals surface area contributed by atoms with Crippen molar-refractivity contribution in [2.75, 3.05) is 5.75 Å². The standard InChI is InChI=1S/C8H11N3O5S/c1-5(4-17(14,15)11-10-9)2-6-3-7(12)16-8(6)13/h5-6H,2-4H2,1H3. The van der Waals surface area contributed by atoms with Crippen molar-refractivity contribution in [2.45, 2.75) is 19.8 Å². The Labute approximate surface area is 97.6 Å². The number of hydrogen-bond donors (Lipinski definition) is 0. The number of rotatable bonds is 5. The summed E-state index contributed by atoms with van der Waals surface area (Å²) in [5.41, 5.74) is 8.04. The Bertz CT molecular complexity index is 479. The van der Waals surface area contributed by atoms with Crippen LogP contribution in [0.25, 0.3) is 10.4 Å². The van der Waals surface area contributed by atoms with E-state index in [9.17, 15) is 18.0 Å². The van der Waals surface area contributed by atoms with Gasteiger partial charge in [-0.25, -0.2) is 8.42 Å². The van der Waals surface area contributed by atoms with E-state index in [1.165, 1.54) is 0 Å². The number of esters is 2. The lowest BCUT2D eigenvalue weighted by molar-refractivity contribution is -0.153. The van der Waals surface area contributed by atoms with Gasteiger partial charge in [-0.2, -0.15) is 0 Å². The normalized spacial score (nSPS) is 21.8. The highest BCUT2D eigenvalue weighted by Gasteiger charge is 2.34. The third-order valence-electron chi connectivity index (χ3n) is 2.30. The second-order valence-corrected chi connectivity index (χ2v) is 5.62. The van der Waals surface area contributed by atoms with Crippen LogP contribution in [0.4, 0.5) is 0 Å². The van der Waals surface area contributed by atoms with Crippen molar-refractivity contribution in [3.8, 4) is 0 Å². The first-order valence-corrected chi connectivity index (χ1v) is 6.48. The fourth-order valence-corrected chi connectivity index (χ4v) is 2.74. The number of carbonyl (C=O) groups is 2. The molecule has 8 nitrogen and oxygen atoms in total. The largest absolute Gasteiger partial charge is 0.393 e. The highest BCUT2D eigenvalue weighted by molar-refractivity contribution is 7.90. The van der Waals surface area contributed by atoms with Crippen LogP contribution in [0.3, 0.4) is 0 Å². The Kier molecular flexibility index (Phi) is 4.08. The van der Waals surface area contributed by atoms with E-state index in [-0.39, 0.29) is 18.6 Å². The quantitative estimate of drug-likeness (QED) is 0.237. The van der Waals surface area contributed by atoms with Crippen LogP contribution in [0.2, 0.25) is 0 Å². The van der Waals surface area contributed by atoms with Crippen molar-refractivity contribution in [1.29, 1.82) is 0 Å². The minimum absolute atomic E-state index is 0.0231. The zero-order valence-electron chi connectivity index (χ0n) is 9.07. The molecule has 1 rings (SSSR count). The summed E-state index contributed by atoms with van der Waals surface area (Å²) in [5.74, 6) is -2.56. The fourth-order valence-electron chi connectivity index (χ4n) is 1.70. The van der Waals surface area contributed by atoms with Gasteiger partial charge in [-0.3, -0.25) is 9.59 Å². The van der Waals surface area contributed by atoms with Crippen LogP contribution in [0, 0.1) is 11.8 Å².